The molecule has 0 aliphatic heterocycles. The molecule has 1 unspecified atom stereocenters. The highest BCUT2D eigenvalue weighted by Crippen LogP contribution is 2.42. The van der Waals surface area contributed by atoms with Crippen LogP contribution in [0.3, 0.4) is 0 Å². The lowest BCUT2D eigenvalue weighted by atomic mass is 9.70. The molecule has 2 aliphatic carbocycles. The first-order valence-corrected chi connectivity index (χ1v) is 10.9. The number of allylic oxidation sites excluding steroid dienone is 2. The minimum absolute atomic E-state index is 0.0340. The highest BCUT2D eigenvalue weighted by atomic mass is 19.2. The zero-order chi connectivity index (χ0) is 19.2. The van der Waals surface area contributed by atoms with Crippen molar-refractivity contribution in [3.05, 3.63) is 35.4 Å². The number of halogens is 2. The van der Waals surface area contributed by atoms with Gasteiger partial charge in [0, 0.05) is 5.56 Å². The van der Waals surface area contributed by atoms with Gasteiger partial charge in [-0.05, 0) is 74.0 Å². The van der Waals surface area contributed by atoms with Crippen molar-refractivity contribution in [2.24, 2.45) is 17.8 Å². The van der Waals surface area contributed by atoms with Gasteiger partial charge in [0.25, 0.3) is 0 Å². The largest absolute Gasteiger partial charge is 0.490 e. The van der Waals surface area contributed by atoms with Crippen molar-refractivity contribution in [1.82, 2.24) is 0 Å². The molecule has 1 nitrogen and oxygen atoms in total. The van der Waals surface area contributed by atoms with Crippen LogP contribution in [0.15, 0.2) is 18.2 Å². The van der Waals surface area contributed by atoms with Gasteiger partial charge >= 0.3 is 0 Å². The molecule has 0 radical (unpaired) electrons. The Bertz CT molecular complexity index is 644. The molecule has 1 saturated carbocycles. The zero-order valence-corrected chi connectivity index (χ0v) is 16.9. The third-order valence-electron chi connectivity index (χ3n) is 6.74. The number of unbranched alkanes of at least 4 members (excludes halogenated alkanes) is 1. The quantitative estimate of drug-likeness (QED) is 0.447. The second-order valence-corrected chi connectivity index (χ2v) is 8.39. The zero-order valence-electron chi connectivity index (χ0n) is 16.9. The van der Waals surface area contributed by atoms with Crippen molar-refractivity contribution in [2.75, 3.05) is 6.61 Å². The summed E-state index contributed by atoms with van der Waals surface area (Å²) in [5.74, 6) is 0.900. The molecule has 3 rings (SSSR count). The van der Waals surface area contributed by atoms with Crippen LogP contribution in [0.2, 0.25) is 0 Å². The molecule has 0 aromatic heterocycles. The summed E-state index contributed by atoms with van der Waals surface area (Å²) in [4.78, 5) is 0. The van der Waals surface area contributed by atoms with E-state index >= 15 is 0 Å². The van der Waals surface area contributed by atoms with E-state index in [0.29, 0.717) is 12.2 Å². The van der Waals surface area contributed by atoms with Crippen molar-refractivity contribution in [1.29, 1.82) is 0 Å². The molecule has 0 N–H and O–H groups in total. The lowest BCUT2D eigenvalue weighted by Gasteiger charge is -2.35. The van der Waals surface area contributed by atoms with Crippen LogP contribution < -0.4 is 4.74 Å². The van der Waals surface area contributed by atoms with Crippen LogP contribution in [-0.4, -0.2) is 6.61 Å². The molecule has 0 heterocycles. The summed E-state index contributed by atoms with van der Waals surface area (Å²) < 4.78 is 34.3. The Hall–Kier alpha value is -1.38. The van der Waals surface area contributed by atoms with Gasteiger partial charge < -0.3 is 4.74 Å². The molecular weight excluding hydrogens is 342 g/mol. The topological polar surface area (TPSA) is 9.23 Å². The van der Waals surface area contributed by atoms with Crippen LogP contribution >= 0.6 is 0 Å². The summed E-state index contributed by atoms with van der Waals surface area (Å²) in [7, 11) is 0. The first-order chi connectivity index (χ1) is 13.1. The van der Waals surface area contributed by atoms with Gasteiger partial charge in [-0.3, -0.25) is 0 Å². The van der Waals surface area contributed by atoms with Crippen LogP contribution in [0.25, 0.3) is 5.57 Å². The summed E-state index contributed by atoms with van der Waals surface area (Å²) in [6.45, 7) is 4.77. The maximum atomic E-state index is 14.6. The molecular formula is C24H34F2O. The molecule has 0 saturated heterocycles. The maximum Gasteiger partial charge on any atom is 0.201 e. The van der Waals surface area contributed by atoms with Crippen molar-refractivity contribution in [2.45, 2.75) is 78.1 Å². The van der Waals surface area contributed by atoms with Crippen molar-refractivity contribution >= 4 is 5.57 Å². The van der Waals surface area contributed by atoms with Gasteiger partial charge in [0.1, 0.15) is 0 Å². The minimum atomic E-state index is -0.843. The Morgan fingerprint density at radius 1 is 0.963 bits per heavy atom. The standard InChI is InChI=1S/C24H34F2O/c1-3-5-16-27-22-15-14-21(23(25)24(22)26)20-12-10-19(11-13-20)18-8-6-17(4-2)7-9-18/h12,14-15,17-19H,3-11,13,16H2,1-2H3. The second kappa shape index (κ2) is 9.71. The fourth-order valence-electron chi connectivity index (χ4n) is 4.81. The number of hydrogen-bond acceptors (Lipinski definition) is 1. The molecule has 0 bridgehead atoms. The Morgan fingerprint density at radius 3 is 2.37 bits per heavy atom. The second-order valence-electron chi connectivity index (χ2n) is 8.39. The van der Waals surface area contributed by atoms with Crippen molar-refractivity contribution < 1.29 is 13.5 Å². The SMILES string of the molecule is CCCCOc1ccc(C2=CCC(C3CCC(CC)CC3)CC2)c(F)c1F. The number of rotatable bonds is 7. The molecule has 1 aromatic carbocycles. The van der Waals surface area contributed by atoms with Crippen LogP contribution in [0.4, 0.5) is 8.78 Å². The molecule has 27 heavy (non-hydrogen) atoms. The van der Waals surface area contributed by atoms with Crippen molar-refractivity contribution in [3.63, 3.8) is 0 Å². The summed E-state index contributed by atoms with van der Waals surface area (Å²) in [6.07, 6.45) is 13.7. The lowest BCUT2D eigenvalue weighted by molar-refractivity contribution is 0.192. The molecule has 1 aromatic rings. The molecule has 1 fully saturated rings. The Balaban J connectivity index is 1.62. The number of ether oxygens (including phenoxy) is 1. The summed E-state index contributed by atoms with van der Waals surface area (Å²) in [5.41, 5.74) is 1.38. The van der Waals surface area contributed by atoms with Gasteiger partial charge in [0.2, 0.25) is 5.82 Å². The van der Waals surface area contributed by atoms with E-state index in [1.54, 1.807) is 12.1 Å². The van der Waals surface area contributed by atoms with Crippen molar-refractivity contribution in [3.8, 4) is 5.75 Å². The first-order valence-electron chi connectivity index (χ1n) is 10.9. The van der Waals surface area contributed by atoms with E-state index in [1.807, 2.05) is 6.92 Å². The van der Waals surface area contributed by atoms with Gasteiger partial charge in [-0.15, -0.1) is 0 Å². The minimum Gasteiger partial charge on any atom is -0.490 e. The van der Waals surface area contributed by atoms with E-state index in [-0.39, 0.29) is 5.75 Å². The monoisotopic (exact) mass is 376 g/mol. The summed E-state index contributed by atoms with van der Waals surface area (Å²) in [6, 6.07) is 3.28. The fraction of sp³-hybridized carbons (Fsp3) is 0.667. The van der Waals surface area contributed by atoms with E-state index in [1.165, 1.54) is 32.1 Å². The maximum absolute atomic E-state index is 14.6. The van der Waals surface area contributed by atoms with E-state index in [4.69, 9.17) is 4.74 Å². The van der Waals surface area contributed by atoms with Crippen LogP contribution in [0.5, 0.6) is 5.75 Å². The summed E-state index contributed by atoms with van der Waals surface area (Å²) >= 11 is 0. The smallest absolute Gasteiger partial charge is 0.201 e. The number of benzene rings is 1. The third kappa shape index (κ3) is 4.92. The summed E-state index contributed by atoms with van der Waals surface area (Å²) in [5, 5.41) is 0. The Labute approximate surface area is 163 Å². The van der Waals surface area contributed by atoms with Gasteiger partial charge in [0.15, 0.2) is 11.6 Å². The first kappa shape index (κ1) is 20.4. The van der Waals surface area contributed by atoms with Crippen LogP contribution in [0, 0.1) is 29.4 Å². The average molecular weight is 377 g/mol. The van der Waals surface area contributed by atoms with Gasteiger partial charge in [-0.2, -0.15) is 4.39 Å². The molecule has 150 valence electrons. The van der Waals surface area contributed by atoms with E-state index < -0.39 is 11.6 Å². The van der Waals surface area contributed by atoms with E-state index in [2.05, 4.69) is 13.0 Å². The fourth-order valence-corrected chi connectivity index (χ4v) is 4.81. The van der Waals surface area contributed by atoms with Gasteiger partial charge in [-0.1, -0.05) is 45.6 Å². The highest BCUT2D eigenvalue weighted by Gasteiger charge is 2.29. The molecule has 0 spiro atoms. The molecule has 1 atom stereocenters. The van der Waals surface area contributed by atoms with E-state index in [9.17, 15) is 8.78 Å². The molecule has 2 aliphatic rings. The number of hydrogen-bond donors (Lipinski definition) is 0. The Morgan fingerprint density at radius 2 is 1.74 bits per heavy atom. The predicted octanol–water partition coefficient (Wildman–Crippen LogP) is 7.54. The molecule has 3 heteroatoms. The normalized spacial score (nSPS) is 25.9. The Kier molecular flexibility index (Phi) is 7.32. The molecule has 0 amide bonds. The lowest BCUT2D eigenvalue weighted by Crippen LogP contribution is -2.23. The average Bonchev–Trinajstić information content (AvgIpc) is 2.72. The highest BCUT2D eigenvalue weighted by molar-refractivity contribution is 5.67. The third-order valence-corrected chi connectivity index (χ3v) is 6.74. The predicted molar refractivity (Wildman–Crippen MR) is 108 cm³/mol. The van der Waals surface area contributed by atoms with Gasteiger partial charge in [-0.25, -0.2) is 4.39 Å². The van der Waals surface area contributed by atoms with Crippen LogP contribution in [-0.2, 0) is 0 Å². The van der Waals surface area contributed by atoms with E-state index in [0.717, 1.165) is 55.4 Å². The van der Waals surface area contributed by atoms with Crippen LogP contribution in [0.1, 0.15) is 83.6 Å². The van der Waals surface area contributed by atoms with Gasteiger partial charge in [0.05, 0.1) is 6.61 Å².